The van der Waals surface area contributed by atoms with Crippen molar-refractivity contribution in [3.8, 4) is 5.75 Å². The van der Waals surface area contributed by atoms with E-state index in [2.05, 4.69) is 0 Å². The van der Waals surface area contributed by atoms with Crippen LogP contribution in [-0.4, -0.2) is 38.9 Å². The average Bonchev–Trinajstić information content (AvgIpc) is 2.70. The highest BCUT2D eigenvalue weighted by Gasteiger charge is 2.16. The van der Waals surface area contributed by atoms with Gasteiger partial charge in [-0.05, 0) is 51.1 Å². The van der Waals surface area contributed by atoms with Crippen LogP contribution in [-0.2, 0) is 20.6 Å². The van der Waals surface area contributed by atoms with E-state index in [1.807, 2.05) is 0 Å². The maximum absolute atomic E-state index is 11.4. The van der Waals surface area contributed by atoms with Gasteiger partial charge in [-0.2, -0.15) is 0 Å². The number of halogens is 2. The Kier molecular flexibility index (Phi) is 10.7. The van der Waals surface area contributed by atoms with Crippen molar-refractivity contribution in [2.45, 2.75) is 32.6 Å². The smallest absolute Gasteiger partial charge is 0.338 e. The van der Waals surface area contributed by atoms with E-state index in [1.54, 1.807) is 6.92 Å². The van der Waals surface area contributed by atoms with E-state index in [1.165, 1.54) is 51.1 Å². The molecule has 2 aromatic rings. The summed E-state index contributed by atoms with van der Waals surface area (Å²) < 4.78 is 29.3. The van der Waals surface area contributed by atoms with Gasteiger partial charge in [-0.25, -0.2) is 9.00 Å². The third-order valence-electron chi connectivity index (χ3n) is 3.68. The molecule has 1 atom stereocenters. The van der Waals surface area contributed by atoms with E-state index in [-0.39, 0.29) is 55.6 Å². The predicted molar refractivity (Wildman–Crippen MR) is 119 cm³/mol. The fourth-order valence-corrected chi connectivity index (χ4v) is 3.26. The molecule has 32 heavy (non-hydrogen) atoms. The Hall–Kier alpha value is -2.59. The third kappa shape index (κ3) is 8.16. The lowest BCUT2D eigenvalue weighted by atomic mass is 10.1. The third-order valence-corrected chi connectivity index (χ3v) is 4.88. The number of ether oxygens (including phenoxy) is 2. The van der Waals surface area contributed by atoms with Crippen molar-refractivity contribution in [2.24, 2.45) is 0 Å². The molecule has 1 N–H and O–H groups in total. The van der Waals surface area contributed by atoms with Crippen LogP contribution >= 0.6 is 23.2 Å². The summed E-state index contributed by atoms with van der Waals surface area (Å²) in [5.74, 6) is -1.54. The van der Waals surface area contributed by atoms with Gasteiger partial charge in [-0.1, -0.05) is 23.2 Å². The van der Waals surface area contributed by atoms with Gasteiger partial charge in [-0.15, -0.1) is 0 Å². The average molecular weight is 503 g/mol. The highest BCUT2D eigenvalue weighted by molar-refractivity contribution is 7.79. The van der Waals surface area contributed by atoms with E-state index in [4.69, 9.17) is 37.2 Å². The van der Waals surface area contributed by atoms with Gasteiger partial charge in [0, 0.05) is 18.1 Å². The summed E-state index contributed by atoms with van der Waals surface area (Å²) in [6, 6.07) is 6.71. The molecule has 1 unspecified atom stereocenters. The molecule has 8 nitrogen and oxygen atoms in total. The van der Waals surface area contributed by atoms with Gasteiger partial charge in [-0.3, -0.25) is 14.4 Å². The first-order valence-electron chi connectivity index (χ1n) is 8.99. The van der Waals surface area contributed by atoms with E-state index >= 15 is 0 Å². The molecule has 0 heterocycles. The number of hydrogen-bond donors (Lipinski definition) is 1. The molecule has 0 saturated carbocycles. The van der Waals surface area contributed by atoms with Crippen molar-refractivity contribution in [3.05, 3.63) is 57.1 Å². The number of rotatable bonds is 6. The van der Waals surface area contributed by atoms with Gasteiger partial charge in [0.1, 0.15) is 0 Å². The molecule has 0 aromatic heterocycles. The quantitative estimate of drug-likeness (QED) is 0.259. The molecule has 0 amide bonds. The molecule has 2 aromatic carbocycles. The number of carbonyl (C=O) groups is 4. The van der Waals surface area contributed by atoms with Crippen molar-refractivity contribution in [1.29, 1.82) is 0 Å². The van der Waals surface area contributed by atoms with Gasteiger partial charge in [0.05, 0.1) is 27.1 Å². The molecular weight excluding hydrogens is 483 g/mol. The molecule has 0 bridgehead atoms. The van der Waals surface area contributed by atoms with Crippen LogP contribution in [0.3, 0.4) is 0 Å². The van der Waals surface area contributed by atoms with Gasteiger partial charge < -0.3 is 14.0 Å². The monoisotopic (exact) mass is 502 g/mol. The van der Waals surface area contributed by atoms with Crippen LogP contribution in [0, 0.1) is 0 Å². The second-order valence-electron chi connectivity index (χ2n) is 6.19. The molecule has 2 rings (SSSR count). The van der Waals surface area contributed by atoms with Crippen molar-refractivity contribution >= 4 is 57.8 Å². The van der Waals surface area contributed by atoms with Crippen LogP contribution < -0.4 is 4.74 Å². The fourth-order valence-electron chi connectivity index (χ4n) is 2.24. The fraction of sp³-hybridized carbons (Fsp3) is 0.238. The van der Waals surface area contributed by atoms with Crippen LogP contribution in [0.2, 0.25) is 10.0 Å². The zero-order valence-electron chi connectivity index (χ0n) is 17.6. The highest BCUT2D eigenvalue weighted by atomic mass is 35.5. The minimum Gasteiger partial charge on any atom is -0.462 e. The summed E-state index contributed by atoms with van der Waals surface area (Å²) in [5.41, 5.74) is 0.734. The lowest BCUT2D eigenvalue weighted by Gasteiger charge is -2.08. The van der Waals surface area contributed by atoms with E-state index in [9.17, 15) is 23.4 Å². The highest BCUT2D eigenvalue weighted by Crippen LogP contribution is 2.34. The first-order valence-corrected chi connectivity index (χ1v) is 10.9. The predicted octanol–water partition coefficient (Wildman–Crippen LogP) is 4.77. The Morgan fingerprint density at radius 3 is 1.69 bits per heavy atom. The molecular formula is C21H20Cl2O8S. The van der Waals surface area contributed by atoms with Crippen molar-refractivity contribution < 1.29 is 37.4 Å². The second kappa shape index (κ2) is 12.4. The molecule has 0 aliphatic carbocycles. The largest absolute Gasteiger partial charge is 0.462 e. The van der Waals surface area contributed by atoms with Gasteiger partial charge in [0.25, 0.3) is 0 Å². The minimum absolute atomic E-state index is 0.0360. The Bertz CT molecular complexity index is 979. The number of carbonyl (C=O) groups excluding carboxylic acids is 4. The zero-order valence-corrected chi connectivity index (χ0v) is 19.9. The van der Waals surface area contributed by atoms with Gasteiger partial charge >= 0.3 is 11.9 Å². The Labute approximate surface area is 197 Å². The topological polar surface area (TPSA) is 124 Å². The normalized spacial score (nSPS) is 11.0. The summed E-state index contributed by atoms with van der Waals surface area (Å²) in [7, 11) is 0. The van der Waals surface area contributed by atoms with E-state index < -0.39 is 23.0 Å². The first-order chi connectivity index (χ1) is 14.9. The molecule has 0 saturated heterocycles. The second-order valence-corrected chi connectivity index (χ2v) is 7.97. The maximum Gasteiger partial charge on any atom is 0.338 e. The SMILES string of the molecule is CC(=O)c1cc(C(C)=O)cc(S(=O)O)c1.CCOC(=O)c1cc(Cl)c(OC(C)=O)c(Cl)c1. The molecule has 172 valence electrons. The Morgan fingerprint density at radius 1 is 0.875 bits per heavy atom. The summed E-state index contributed by atoms with van der Waals surface area (Å²) >= 11 is 9.52. The molecule has 11 heteroatoms. The Morgan fingerprint density at radius 2 is 1.34 bits per heavy atom. The van der Waals surface area contributed by atoms with Crippen LogP contribution in [0.1, 0.15) is 58.8 Å². The summed E-state index contributed by atoms with van der Waals surface area (Å²) in [4.78, 5) is 44.5. The number of hydrogen-bond acceptors (Lipinski definition) is 7. The van der Waals surface area contributed by atoms with Crippen molar-refractivity contribution in [1.82, 2.24) is 0 Å². The van der Waals surface area contributed by atoms with Crippen molar-refractivity contribution in [2.75, 3.05) is 6.61 Å². The summed E-state index contributed by atoms with van der Waals surface area (Å²) in [6.07, 6.45) is 0. The standard InChI is InChI=1S/C11H10Cl2O4.C10H10O4S/c1-3-16-11(15)7-4-8(12)10(9(13)5-7)17-6(2)14;1-6(11)8-3-9(7(2)12)5-10(4-8)15(13)14/h4-5H,3H2,1-2H3;3-5H,1-2H3,(H,13,14). The minimum atomic E-state index is -2.19. The van der Waals surface area contributed by atoms with Crippen LogP contribution in [0.5, 0.6) is 5.75 Å². The molecule has 0 spiro atoms. The maximum atomic E-state index is 11.4. The number of ketones is 2. The molecule has 0 radical (unpaired) electrons. The lowest BCUT2D eigenvalue weighted by molar-refractivity contribution is -0.131. The summed E-state index contributed by atoms with van der Waals surface area (Å²) in [5, 5.41) is 0.159. The first kappa shape index (κ1) is 27.4. The lowest BCUT2D eigenvalue weighted by Crippen LogP contribution is -2.07. The van der Waals surface area contributed by atoms with E-state index in [0.29, 0.717) is 0 Å². The van der Waals surface area contributed by atoms with Crippen LogP contribution in [0.15, 0.2) is 35.2 Å². The molecule has 0 aliphatic heterocycles. The van der Waals surface area contributed by atoms with Crippen molar-refractivity contribution in [3.63, 3.8) is 0 Å². The molecule has 0 fully saturated rings. The number of benzene rings is 2. The van der Waals surface area contributed by atoms with E-state index in [0.717, 1.165) is 0 Å². The molecule has 0 aliphatic rings. The van der Waals surface area contributed by atoms with Gasteiger partial charge in [0.15, 0.2) is 28.4 Å². The number of Topliss-reactive ketones (excluding diaryl/α,β-unsaturated/α-hetero) is 2. The Balaban J connectivity index is 0.000000323. The van der Waals surface area contributed by atoms with Gasteiger partial charge in [0.2, 0.25) is 0 Å². The van der Waals surface area contributed by atoms with Crippen LogP contribution in [0.25, 0.3) is 0 Å². The number of esters is 2. The summed E-state index contributed by atoms with van der Waals surface area (Å²) in [6.45, 7) is 5.84. The van der Waals surface area contributed by atoms with Crippen LogP contribution in [0.4, 0.5) is 0 Å². The zero-order chi connectivity index (χ0) is 24.6.